The summed E-state index contributed by atoms with van der Waals surface area (Å²) in [5.74, 6) is -0.133. The van der Waals surface area contributed by atoms with E-state index in [1.165, 1.54) is 17.0 Å². The fourth-order valence-corrected chi connectivity index (χ4v) is 4.99. The number of carbonyl (C=O) groups is 2. The number of aliphatic hydroxyl groups excluding tert-OH is 1. The van der Waals surface area contributed by atoms with Crippen molar-refractivity contribution in [1.29, 1.82) is 0 Å². The van der Waals surface area contributed by atoms with Crippen LogP contribution in [0.2, 0.25) is 0 Å². The van der Waals surface area contributed by atoms with Gasteiger partial charge in [-0.25, -0.2) is 0 Å². The molecule has 0 radical (unpaired) electrons. The van der Waals surface area contributed by atoms with Crippen molar-refractivity contribution in [2.75, 3.05) is 18.1 Å². The number of hydrogen-bond donors (Lipinski definition) is 2. The number of aliphatic hydroxyl groups is 1. The lowest BCUT2D eigenvalue weighted by molar-refractivity contribution is -0.132. The van der Waals surface area contributed by atoms with Crippen molar-refractivity contribution in [3.63, 3.8) is 0 Å². The summed E-state index contributed by atoms with van der Waals surface area (Å²) in [4.78, 5) is 28.3. The highest BCUT2D eigenvalue weighted by Crippen LogP contribution is 2.45. The number of nitrogens with zero attached hydrogens (tertiary/aromatic N) is 1. The van der Waals surface area contributed by atoms with Crippen molar-refractivity contribution < 1.29 is 34.0 Å². The Bertz CT molecular complexity index is 1430. The molecule has 2 aliphatic rings. The Hall–Kier alpha value is -4.46. The van der Waals surface area contributed by atoms with E-state index in [9.17, 15) is 19.8 Å². The van der Waals surface area contributed by atoms with Crippen molar-refractivity contribution >= 4 is 23.1 Å². The van der Waals surface area contributed by atoms with Gasteiger partial charge in [-0.05, 0) is 74.4 Å². The second-order valence-electron chi connectivity index (χ2n) is 9.21. The molecule has 0 saturated carbocycles. The van der Waals surface area contributed by atoms with Crippen molar-refractivity contribution in [3.8, 4) is 23.0 Å². The van der Waals surface area contributed by atoms with Crippen LogP contribution < -0.4 is 19.1 Å². The first-order valence-corrected chi connectivity index (χ1v) is 12.6. The van der Waals surface area contributed by atoms with Gasteiger partial charge in [0.1, 0.15) is 23.4 Å². The molecule has 2 heterocycles. The van der Waals surface area contributed by atoms with Crippen LogP contribution in [0.25, 0.3) is 5.76 Å². The predicted octanol–water partition coefficient (Wildman–Crippen LogP) is 5.14. The first kappa shape index (κ1) is 25.2. The Morgan fingerprint density at radius 2 is 1.68 bits per heavy atom. The number of ether oxygens (including phenoxy) is 3. The van der Waals surface area contributed by atoms with E-state index in [-0.39, 0.29) is 23.2 Å². The van der Waals surface area contributed by atoms with Gasteiger partial charge >= 0.3 is 0 Å². The van der Waals surface area contributed by atoms with E-state index in [1.54, 1.807) is 48.5 Å². The second-order valence-corrected chi connectivity index (χ2v) is 9.21. The zero-order valence-corrected chi connectivity index (χ0v) is 21.4. The molecule has 0 aromatic heterocycles. The molecule has 38 heavy (non-hydrogen) atoms. The van der Waals surface area contributed by atoms with Gasteiger partial charge in [-0.15, -0.1) is 0 Å². The lowest BCUT2D eigenvalue weighted by atomic mass is 9.94. The highest BCUT2D eigenvalue weighted by molar-refractivity contribution is 6.51. The number of fused-ring (bicyclic) bond motifs is 1. The molecule has 5 rings (SSSR count). The van der Waals surface area contributed by atoms with Gasteiger partial charge < -0.3 is 24.4 Å². The zero-order chi connectivity index (χ0) is 27.0. The van der Waals surface area contributed by atoms with Gasteiger partial charge in [0.05, 0.1) is 24.8 Å². The molecular formula is C30H29NO7. The Morgan fingerprint density at radius 3 is 2.39 bits per heavy atom. The number of benzene rings is 3. The number of aromatic hydroxyl groups is 1. The number of ketones is 1. The Morgan fingerprint density at radius 1 is 0.974 bits per heavy atom. The van der Waals surface area contributed by atoms with Crippen LogP contribution >= 0.6 is 0 Å². The van der Waals surface area contributed by atoms with E-state index in [2.05, 4.69) is 0 Å². The molecular weight excluding hydrogens is 486 g/mol. The average Bonchev–Trinajstić information content (AvgIpc) is 3.40. The standard InChI is InChI=1S/C30H29NO7/c1-4-36-24-13-9-21(16-25(24)37-5-2)31-27(18-6-10-22(32)11-7-18)26(29(34)30(31)35)28(33)19-8-12-23-20(15-19)14-17(3)38-23/h6-13,15-17,27,32-33H,4-5,14H2,1-3H3/b28-26-. The number of amides is 1. The van der Waals surface area contributed by atoms with E-state index in [4.69, 9.17) is 14.2 Å². The first-order valence-electron chi connectivity index (χ1n) is 12.6. The number of anilines is 1. The molecule has 0 aliphatic carbocycles. The smallest absolute Gasteiger partial charge is 0.300 e. The number of Topliss-reactive ketones (excluding diaryl/α,β-unsaturated/α-hetero) is 1. The van der Waals surface area contributed by atoms with Crippen LogP contribution in [0, 0.1) is 0 Å². The van der Waals surface area contributed by atoms with Gasteiger partial charge in [0.25, 0.3) is 11.7 Å². The summed E-state index contributed by atoms with van der Waals surface area (Å²) in [5, 5.41) is 21.3. The van der Waals surface area contributed by atoms with Gasteiger partial charge in [-0.2, -0.15) is 0 Å². The average molecular weight is 516 g/mol. The SMILES string of the molecule is CCOc1ccc(N2C(=O)C(=O)/C(=C(\O)c3ccc4c(c3)CC(C)O4)C2c2ccc(O)cc2)cc1OCC. The number of hydrogen-bond acceptors (Lipinski definition) is 7. The third-order valence-electron chi connectivity index (χ3n) is 6.63. The van der Waals surface area contributed by atoms with Crippen LogP contribution in [0.5, 0.6) is 23.0 Å². The van der Waals surface area contributed by atoms with Crippen molar-refractivity contribution in [2.45, 2.75) is 39.3 Å². The van der Waals surface area contributed by atoms with Crippen LogP contribution in [-0.2, 0) is 16.0 Å². The summed E-state index contributed by atoms with van der Waals surface area (Å²) < 4.78 is 17.2. The number of carbonyl (C=O) groups excluding carboxylic acids is 2. The van der Waals surface area contributed by atoms with E-state index in [1.807, 2.05) is 20.8 Å². The summed E-state index contributed by atoms with van der Waals surface area (Å²) in [6.07, 6.45) is 0.697. The summed E-state index contributed by atoms with van der Waals surface area (Å²) >= 11 is 0. The molecule has 196 valence electrons. The molecule has 2 atom stereocenters. The van der Waals surface area contributed by atoms with E-state index in [0.717, 1.165) is 11.3 Å². The molecule has 1 fully saturated rings. The predicted molar refractivity (Wildman–Crippen MR) is 142 cm³/mol. The Kier molecular flexibility index (Phi) is 6.72. The molecule has 0 bridgehead atoms. The van der Waals surface area contributed by atoms with Gasteiger partial charge in [-0.1, -0.05) is 12.1 Å². The van der Waals surface area contributed by atoms with Gasteiger partial charge in [0.15, 0.2) is 11.5 Å². The highest BCUT2D eigenvalue weighted by atomic mass is 16.5. The van der Waals surface area contributed by atoms with Crippen LogP contribution in [-0.4, -0.2) is 41.2 Å². The lowest BCUT2D eigenvalue weighted by Gasteiger charge is -2.26. The van der Waals surface area contributed by atoms with Crippen molar-refractivity contribution in [1.82, 2.24) is 0 Å². The second kappa shape index (κ2) is 10.1. The highest BCUT2D eigenvalue weighted by Gasteiger charge is 2.47. The van der Waals surface area contributed by atoms with Gasteiger partial charge in [0.2, 0.25) is 0 Å². The summed E-state index contributed by atoms with van der Waals surface area (Å²) in [5.41, 5.74) is 2.26. The fraction of sp³-hybridized carbons (Fsp3) is 0.267. The van der Waals surface area contributed by atoms with E-state index < -0.39 is 17.7 Å². The minimum absolute atomic E-state index is 0.0177. The van der Waals surface area contributed by atoms with Crippen molar-refractivity contribution in [3.05, 3.63) is 82.9 Å². The minimum atomic E-state index is -0.938. The quantitative estimate of drug-likeness (QED) is 0.255. The molecule has 8 heteroatoms. The molecule has 3 aromatic rings. The molecule has 0 spiro atoms. The summed E-state index contributed by atoms with van der Waals surface area (Å²) in [7, 11) is 0. The molecule has 2 N–H and O–H groups in total. The first-order chi connectivity index (χ1) is 18.3. The fourth-order valence-electron chi connectivity index (χ4n) is 4.99. The minimum Gasteiger partial charge on any atom is -0.508 e. The monoisotopic (exact) mass is 515 g/mol. The maximum atomic E-state index is 13.5. The molecule has 3 aromatic carbocycles. The Balaban J connectivity index is 1.66. The molecule has 1 amide bonds. The van der Waals surface area contributed by atoms with Crippen molar-refractivity contribution in [2.24, 2.45) is 0 Å². The normalized spacial score (nSPS) is 19.8. The van der Waals surface area contributed by atoms with Crippen LogP contribution in [0.1, 0.15) is 43.5 Å². The van der Waals surface area contributed by atoms with Crippen LogP contribution in [0.4, 0.5) is 5.69 Å². The number of rotatable bonds is 7. The lowest BCUT2D eigenvalue weighted by Crippen LogP contribution is -2.29. The summed E-state index contributed by atoms with van der Waals surface area (Å²) in [6, 6.07) is 15.5. The van der Waals surface area contributed by atoms with Crippen LogP contribution in [0.15, 0.2) is 66.2 Å². The molecule has 2 aliphatic heterocycles. The molecule has 2 unspecified atom stereocenters. The van der Waals surface area contributed by atoms with Gasteiger partial charge in [0, 0.05) is 23.7 Å². The summed E-state index contributed by atoms with van der Waals surface area (Å²) in [6.45, 7) is 6.47. The largest absolute Gasteiger partial charge is 0.508 e. The maximum absolute atomic E-state index is 13.5. The zero-order valence-electron chi connectivity index (χ0n) is 21.4. The number of phenols is 1. The molecule has 1 saturated heterocycles. The third kappa shape index (κ3) is 4.42. The number of phenolic OH excluding ortho intramolecular Hbond substituents is 1. The topological polar surface area (TPSA) is 106 Å². The third-order valence-corrected chi connectivity index (χ3v) is 6.63. The van der Waals surface area contributed by atoms with E-state index >= 15 is 0 Å². The molecule has 8 nitrogen and oxygen atoms in total. The van der Waals surface area contributed by atoms with E-state index in [0.29, 0.717) is 47.9 Å². The Labute approximate surface area is 220 Å². The van der Waals surface area contributed by atoms with Crippen LogP contribution in [0.3, 0.4) is 0 Å². The maximum Gasteiger partial charge on any atom is 0.300 e. The van der Waals surface area contributed by atoms with Gasteiger partial charge in [-0.3, -0.25) is 14.5 Å².